The van der Waals surface area contributed by atoms with Crippen LogP contribution >= 0.6 is 0 Å². The van der Waals surface area contributed by atoms with Gasteiger partial charge in [0.05, 0.1) is 6.42 Å². The van der Waals surface area contributed by atoms with Gasteiger partial charge in [-0.3, -0.25) is 9.69 Å². The Hall–Kier alpha value is -0.610. The molecule has 0 saturated carbocycles. The van der Waals surface area contributed by atoms with Crippen molar-refractivity contribution in [3.63, 3.8) is 0 Å². The van der Waals surface area contributed by atoms with E-state index in [9.17, 15) is 4.79 Å². The summed E-state index contributed by atoms with van der Waals surface area (Å²) >= 11 is 0. The number of carboxylic acids is 1. The van der Waals surface area contributed by atoms with E-state index in [4.69, 9.17) is 5.11 Å². The molecule has 0 amide bonds. The maximum absolute atomic E-state index is 10.8. The van der Waals surface area contributed by atoms with Crippen LogP contribution < -0.4 is 0 Å². The highest BCUT2D eigenvalue weighted by molar-refractivity contribution is 5.67. The number of aliphatic carboxylic acids is 1. The summed E-state index contributed by atoms with van der Waals surface area (Å²) in [5.41, 5.74) is 0. The zero-order valence-corrected chi connectivity index (χ0v) is 9.94. The zero-order chi connectivity index (χ0) is 11.4. The van der Waals surface area contributed by atoms with Gasteiger partial charge in [-0.1, -0.05) is 0 Å². The van der Waals surface area contributed by atoms with E-state index in [0.717, 1.165) is 26.1 Å². The lowest BCUT2D eigenvalue weighted by Crippen LogP contribution is -2.45. The van der Waals surface area contributed by atoms with Gasteiger partial charge in [0, 0.05) is 18.6 Å². The molecular weight excluding hydrogens is 192 g/mol. The SMILES string of the molecule is CC(C)N1CCCN(C)CC1CC(=O)O. The Labute approximate surface area is 91.9 Å². The molecule has 1 unspecified atom stereocenters. The predicted molar refractivity (Wildman–Crippen MR) is 60.0 cm³/mol. The van der Waals surface area contributed by atoms with Gasteiger partial charge in [-0.05, 0) is 40.4 Å². The number of nitrogens with zero attached hydrogens (tertiary/aromatic N) is 2. The van der Waals surface area contributed by atoms with Gasteiger partial charge in [-0.25, -0.2) is 0 Å². The molecule has 1 N–H and O–H groups in total. The number of hydrogen-bond acceptors (Lipinski definition) is 3. The van der Waals surface area contributed by atoms with Gasteiger partial charge in [0.15, 0.2) is 0 Å². The van der Waals surface area contributed by atoms with Gasteiger partial charge in [-0.15, -0.1) is 0 Å². The fourth-order valence-corrected chi connectivity index (χ4v) is 2.32. The molecule has 15 heavy (non-hydrogen) atoms. The van der Waals surface area contributed by atoms with Crippen LogP contribution in [0.1, 0.15) is 26.7 Å². The fraction of sp³-hybridized carbons (Fsp3) is 0.909. The fourth-order valence-electron chi connectivity index (χ4n) is 2.32. The highest BCUT2D eigenvalue weighted by Gasteiger charge is 2.26. The molecule has 1 rings (SSSR count). The average molecular weight is 214 g/mol. The second-order valence-electron chi connectivity index (χ2n) is 4.70. The summed E-state index contributed by atoms with van der Waals surface area (Å²) in [4.78, 5) is 15.4. The number of hydrogen-bond donors (Lipinski definition) is 1. The molecule has 1 heterocycles. The van der Waals surface area contributed by atoms with Crippen molar-refractivity contribution in [2.75, 3.05) is 26.7 Å². The summed E-state index contributed by atoms with van der Waals surface area (Å²) in [6.07, 6.45) is 1.38. The molecule has 0 aromatic carbocycles. The Morgan fingerprint density at radius 1 is 1.47 bits per heavy atom. The van der Waals surface area contributed by atoms with Crippen molar-refractivity contribution in [3.05, 3.63) is 0 Å². The minimum absolute atomic E-state index is 0.162. The van der Waals surface area contributed by atoms with E-state index in [1.54, 1.807) is 0 Å². The van der Waals surface area contributed by atoms with Gasteiger partial charge in [0.25, 0.3) is 0 Å². The zero-order valence-electron chi connectivity index (χ0n) is 9.94. The predicted octanol–water partition coefficient (Wildman–Crippen LogP) is 0.876. The first-order valence-corrected chi connectivity index (χ1v) is 5.66. The normalized spacial score (nSPS) is 25.5. The van der Waals surface area contributed by atoms with Gasteiger partial charge < -0.3 is 10.0 Å². The topological polar surface area (TPSA) is 43.8 Å². The molecule has 1 saturated heterocycles. The number of rotatable bonds is 3. The largest absolute Gasteiger partial charge is 0.481 e. The lowest BCUT2D eigenvalue weighted by molar-refractivity contribution is -0.138. The molecule has 0 aromatic heterocycles. The molecule has 0 radical (unpaired) electrons. The van der Waals surface area contributed by atoms with Crippen molar-refractivity contribution in [2.45, 2.75) is 38.8 Å². The van der Waals surface area contributed by atoms with Crippen molar-refractivity contribution in [2.24, 2.45) is 0 Å². The Bertz CT molecular complexity index is 219. The summed E-state index contributed by atoms with van der Waals surface area (Å²) in [5.74, 6) is -0.694. The first-order chi connectivity index (χ1) is 7.00. The first-order valence-electron chi connectivity index (χ1n) is 5.66. The summed E-state index contributed by atoms with van der Waals surface area (Å²) in [7, 11) is 2.07. The molecule has 88 valence electrons. The van der Waals surface area contributed by atoms with Crippen LogP contribution in [0.5, 0.6) is 0 Å². The van der Waals surface area contributed by atoms with Gasteiger partial charge in [0.1, 0.15) is 0 Å². The van der Waals surface area contributed by atoms with E-state index < -0.39 is 5.97 Å². The molecule has 0 aromatic rings. The third kappa shape index (κ3) is 3.80. The van der Waals surface area contributed by atoms with Crippen molar-refractivity contribution >= 4 is 5.97 Å². The molecular formula is C11H22N2O2. The van der Waals surface area contributed by atoms with Crippen LogP contribution in [0, 0.1) is 0 Å². The quantitative estimate of drug-likeness (QED) is 0.757. The Morgan fingerprint density at radius 2 is 2.13 bits per heavy atom. The first kappa shape index (κ1) is 12.5. The number of carboxylic acid groups (broad SMARTS) is 1. The maximum Gasteiger partial charge on any atom is 0.304 e. The third-order valence-corrected chi connectivity index (χ3v) is 3.02. The van der Waals surface area contributed by atoms with Crippen molar-refractivity contribution in [1.29, 1.82) is 0 Å². The van der Waals surface area contributed by atoms with Crippen molar-refractivity contribution < 1.29 is 9.90 Å². The second kappa shape index (κ2) is 5.47. The van der Waals surface area contributed by atoms with Crippen molar-refractivity contribution in [3.8, 4) is 0 Å². The van der Waals surface area contributed by atoms with E-state index >= 15 is 0 Å². The van der Waals surface area contributed by atoms with E-state index in [-0.39, 0.29) is 12.5 Å². The van der Waals surface area contributed by atoms with Crippen molar-refractivity contribution in [1.82, 2.24) is 9.80 Å². The van der Waals surface area contributed by atoms with E-state index in [1.165, 1.54) is 0 Å². The van der Waals surface area contributed by atoms with Gasteiger partial charge in [-0.2, -0.15) is 0 Å². The highest BCUT2D eigenvalue weighted by Crippen LogP contribution is 2.15. The number of carbonyl (C=O) groups is 1. The summed E-state index contributed by atoms with van der Waals surface area (Å²) in [5, 5.41) is 8.90. The van der Waals surface area contributed by atoms with E-state index in [2.05, 4.69) is 30.7 Å². The standard InChI is InChI=1S/C11H22N2O2/c1-9(2)13-6-4-5-12(3)8-10(13)7-11(14)15/h9-10H,4-8H2,1-3H3,(H,14,15). The highest BCUT2D eigenvalue weighted by atomic mass is 16.4. The van der Waals surface area contributed by atoms with Crippen LogP contribution in [-0.2, 0) is 4.79 Å². The lowest BCUT2D eigenvalue weighted by atomic mass is 10.1. The van der Waals surface area contributed by atoms with Gasteiger partial charge >= 0.3 is 5.97 Å². The minimum atomic E-state index is -0.694. The maximum atomic E-state index is 10.8. The molecule has 4 nitrogen and oxygen atoms in total. The van der Waals surface area contributed by atoms with Crippen LogP contribution in [0.25, 0.3) is 0 Å². The van der Waals surface area contributed by atoms with E-state index in [0.29, 0.717) is 6.04 Å². The molecule has 1 aliphatic rings. The molecule has 4 heteroatoms. The molecule has 0 aliphatic carbocycles. The molecule has 1 atom stereocenters. The summed E-state index contributed by atoms with van der Waals surface area (Å²) in [6.45, 7) is 7.23. The number of likely N-dealkylation sites (N-methyl/N-ethyl adjacent to an activating group) is 1. The summed E-state index contributed by atoms with van der Waals surface area (Å²) in [6, 6.07) is 0.593. The van der Waals surface area contributed by atoms with Crippen LogP contribution in [0.15, 0.2) is 0 Å². The van der Waals surface area contributed by atoms with E-state index in [1.807, 2.05) is 0 Å². The smallest absolute Gasteiger partial charge is 0.304 e. The molecule has 1 aliphatic heterocycles. The van der Waals surface area contributed by atoms with Crippen LogP contribution in [-0.4, -0.2) is 59.6 Å². The Balaban J connectivity index is 2.67. The lowest BCUT2D eigenvalue weighted by Gasteiger charge is -2.33. The minimum Gasteiger partial charge on any atom is -0.481 e. The molecule has 1 fully saturated rings. The van der Waals surface area contributed by atoms with Gasteiger partial charge in [0.2, 0.25) is 0 Å². The molecule has 0 spiro atoms. The third-order valence-electron chi connectivity index (χ3n) is 3.02. The Morgan fingerprint density at radius 3 is 2.67 bits per heavy atom. The van der Waals surface area contributed by atoms with Crippen LogP contribution in [0.2, 0.25) is 0 Å². The summed E-state index contributed by atoms with van der Waals surface area (Å²) < 4.78 is 0. The monoisotopic (exact) mass is 214 g/mol. The Kier molecular flexibility index (Phi) is 4.54. The van der Waals surface area contributed by atoms with Crippen LogP contribution in [0.4, 0.5) is 0 Å². The average Bonchev–Trinajstić information content (AvgIpc) is 2.25. The molecule has 0 bridgehead atoms. The second-order valence-corrected chi connectivity index (χ2v) is 4.70. The van der Waals surface area contributed by atoms with Crippen LogP contribution in [0.3, 0.4) is 0 Å².